The van der Waals surface area contributed by atoms with Crippen molar-refractivity contribution in [1.29, 1.82) is 0 Å². The lowest BCUT2D eigenvalue weighted by atomic mass is 9.86. The third-order valence-corrected chi connectivity index (χ3v) is 25.4. The number of aryl methyl sites for hydroxylation is 2. The zero-order valence-corrected chi connectivity index (χ0v) is 77.3. The van der Waals surface area contributed by atoms with E-state index < -0.39 is 15.1 Å². The van der Waals surface area contributed by atoms with E-state index in [1.165, 1.54) is 38.9 Å². The first-order valence-electron chi connectivity index (χ1n) is 45.7. The van der Waals surface area contributed by atoms with Crippen LogP contribution in [0.15, 0.2) is 468 Å². The second-order valence-electron chi connectivity index (χ2n) is 34.4. The molecule has 0 fully saturated rings. The van der Waals surface area contributed by atoms with Gasteiger partial charge >= 0.3 is 15.1 Å². The quantitative estimate of drug-likeness (QED) is 0.0590. The maximum Gasteiger partial charge on any atom is 1.20 e. The highest BCUT2D eigenvalue weighted by atomic mass is 27.3. The van der Waals surface area contributed by atoms with Gasteiger partial charge in [0.1, 0.15) is 33.8 Å². The minimum Gasteiger partial charge on any atom is -0.576 e. The van der Waals surface area contributed by atoms with E-state index in [4.69, 9.17) is 21.3 Å². The van der Waals surface area contributed by atoms with Gasteiger partial charge in [0.25, 0.3) is 0 Å². The van der Waals surface area contributed by atoms with Gasteiger partial charge in [-0.25, -0.2) is 0 Å². The lowest BCUT2D eigenvalue weighted by Gasteiger charge is -2.19. The van der Waals surface area contributed by atoms with E-state index in [0.717, 1.165) is 161 Å². The number of nitrogens with zero attached hydrogens (tertiary/aromatic N) is 11. The molecule has 0 unspecified atom stereocenters. The summed E-state index contributed by atoms with van der Waals surface area (Å²) in [6, 6.07) is 142. The Labute approximate surface area is 801 Å². The first-order valence-corrected chi connectivity index (χ1v) is 47.1. The van der Waals surface area contributed by atoms with Crippen LogP contribution in [0.5, 0.6) is 17.2 Å². The van der Waals surface area contributed by atoms with Gasteiger partial charge in [-0.2, -0.15) is 0 Å². The molecule has 0 saturated carbocycles. The summed E-state index contributed by atoms with van der Waals surface area (Å²) >= 11 is -2.86. The molecular weight excluding hydrogens is 1690 g/mol. The minimum absolute atomic E-state index is 0.108. The van der Waals surface area contributed by atoms with Crippen molar-refractivity contribution in [3.63, 3.8) is 0 Å². The van der Waals surface area contributed by atoms with Crippen molar-refractivity contribution in [2.75, 3.05) is 0 Å². The predicted octanol–water partition coefficient (Wildman–Crippen LogP) is 30.0. The highest BCUT2D eigenvalue weighted by molar-refractivity contribution is 6.40. The number of para-hydroxylation sites is 4. The molecule has 0 atom stereocenters. The average Bonchev–Trinajstić information content (AvgIpc) is 1.56. The summed E-state index contributed by atoms with van der Waals surface area (Å²) in [6.07, 6.45) is 16.4. The van der Waals surface area contributed by atoms with Crippen molar-refractivity contribution >= 4 is 69.7 Å². The number of fused-ring (bicyclic) bond motifs is 6. The van der Waals surface area contributed by atoms with Gasteiger partial charge in [0.15, 0.2) is 11.6 Å². The molecule has 9 aromatic heterocycles. The number of rotatable bonds is 18. The second-order valence-corrected chi connectivity index (χ2v) is 35.7. The van der Waals surface area contributed by atoms with Gasteiger partial charge in [-0.15, -0.1) is 10.2 Å². The smallest absolute Gasteiger partial charge is 0.576 e. The van der Waals surface area contributed by atoms with Crippen LogP contribution in [0.1, 0.15) is 37.7 Å². The molecule has 137 heavy (non-hydrogen) atoms. The Morgan fingerprint density at radius 3 is 0.891 bits per heavy atom. The van der Waals surface area contributed by atoms with Crippen molar-refractivity contribution < 1.29 is 11.4 Å². The normalized spacial score (nSPS) is 11.1. The first-order chi connectivity index (χ1) is 67.4. The molecule has 0 spiro atoms. The molecule has 23 rings (SSSR count). The predicted molar refractivity (Wildman–Crippen MR) is 559 cm³/mol. The summed E-state index contributed by atoms with van der Waals surface area (Å²) in [5.74, 6) is 3.49. The molecule has 14 aromatic carbocycles. The number of benzene rings is 14. The molecule has 0 N–H and O–H groups in total. The Hall–Kier alpha value is -17.3. The number of hydrogen-bond donors (Lipinski definition) is 0. The molecule has 0 aliphatic heterocycles. The molecule has 0 amide bonds. The Morgan fingerprint density at radius 2 is 0.533 bits per heavy atom. The van der Waals surface area contributed by atoms with E-state index in [0.29, 0.717) is 17.2 Å². The lowest BCUT2D eigenvalue weighted by molar-refractivity contribution is 0.311. The standard InChI is InChI=1S/C39H27N3.C30H27N3.C26H20N2.3C9H7NO.Al/c1-7-28(34-13-4-16-40-25-34)19-31(10-1)37-22-38(32-11-2-8-29(20-32)35-14-5-17-41-26-35)24-39(23-37)33-12-3-9-30(21-33)36-15-6-18-42-27-36;1-30(2,3)26-20-18-25(19-21-26)29-32-31-28(33(29)27-12-8-5-9-13-27)24-16-14-23(15-17-24)22-10-6-4-7-11-22;1-17-15-23(19-9-5-3-6-10-19)21-13-14-22-24(20-11-7-4-8-12-20)16-18(2)28-26(22)25(21)27-17;3*11-8-5-1-3-7-4-2-6-10-9(7)8;/h1-27H;4-21H,1-3H3;3-16H,1-2H3;3*1-6,11H;/q;;;;;;+3/p-3. The van der Waals surface area contributed by atoms with Crippen molar-refractivity contribution in [2.24, 2.45) is 0 Å². The summed E-state index contributed by atoms with van der Waals surface area (Å²) in [5.41, 5.74) is 31.6. The Bertz CT molecular complexity index is 7610. The minimum atomic E-state index is -2.86. The van der Waals surface area contributed by atoms with E-state index in [9.17, 15) is 0 Å². The molecule has 23 aromatic rings. The first kappa shape index (κ1) is 87.6. The van der Waals surface area contributed by atoms with Crippen LogP contribution >= 0.6 is 0 Å². The van der Waals surface area contributed by atoms with Crippen LogP contribution in [0, 0.1) is 13.8 Å². The van der Waals surface area contributed by atoms with Crippen molar-refractivity contribution in [3.05, 3.63) is 485 Å². The fraction of sp³-hybridized carbons (Fsp3) is 0.0492. The molecule has 9 heterocycles. The van der Waals surface area contributed by atoms with Crippen molar-refractivity contribution in [1.82, 2.24) is 54.6 Å². The lowest BCUT2D eigenvalue weighted by Crippen LogP contribution is -2.37. The van der Waals surface area contributed by atoms with E-state index >= 15 is 0 Å². The van der Waals surface area contributed by atoms with Crippen molar-refractivity contribution in [3.8, 4) is 146 Å². The molecule has 0 saturated heterocycles. The van der Waals surface area contributed by atoms with E-state index in [-0.39, 0.29) is 5.41 Å². The summed E-state index contributed by atoms with van der Waals surface area (Å²) in [6.45, 7) is 10.8. The fourth-order valence-corrected chi connectivity index (χ4v) is 18.6. The third-order valence-electron chi connectivity index (χ3n) is 24.1. The molecule has 0 radical (unpaired) electrons. The average molecular weight is 1790 g/mol. The van der Waals surface area contributed by atoms with Crippen LogP contribution in [0.2, 0.25) is 0 Å². The van der Waals surface area contributed by atoms with E-state index in [1.807, 2.05) is 183 Å². The van der Waals surface area contributed by atoms with Gasteiger partial charge < -0.3 is 11.4 Å². The van der Waals surface area contributed by atoms with Crippen molar-refractivity contribution in [2.45, 2.75) is 40.0 Å². The molecule has 0 aliphatic rings. The summed E-state index contributed by atoms with van der Waals surface area (Å²) in [7, 11) is 0. The van der Waals surface area contributed by atoms with Gasteiger partial charge in [0, 0.05) is 128 Å². The van der Waals surface area contributed by atoms with Crippen LogP contribution in [0.3, 0.4) is 0 Å². The Kier molecular flexibility index (Phi) is 25.8. The third kappa shape index (κ3) is 20.1. The van der Waals surface area contributed by atoms with Gasteiger partial charge in [0.05, 0.1) is 11.0 Å². The number of pyridine rings is 8. The van der Waals surface area contributed by atoms with Crippen LogP contribution in [0.25, 0.3) is 183 Å². The van der Waals surface area contributed by atoms with Gasteiger partial charge in [-0.05, 0) is 224 Å². The highest BCUT2D eigenvalue weighted by Crippen LogP contribution is 2.42. The zero-order chi connectivity index (χ0) is 92.8. The fourth-order valence-electron chi connectivity index (χ4n) is 17.2. The highest BCUT2D eigenvalue weighted by Gasteiger charge is 2.46. The van der Waals surface area contributed by atoms with Gasteiger partial charge in [0.2, 0.25) is 0 Å². The maximum absolute atomic E-state index is 6.41. The van der Waals surface area contributed by atoms with Gasteiger partial charge in [-0.3, -0.25) is 44.4 Å². The molecule has 656 valence electrons. The van der Waals surface area contributed by atoms with Crippen LogP contribution in [0.4, 0.5) is 0 Å². The monoisotopic (exact) mass is 1790 g/mol. The van der Waals surface area contributed by atoms with E-state index in [2.05, 4.69) is 346 Å². The van der Waals surface area contributed by atoms with Crippen LogP contribution in [-0.2, 0) is 5.41 Å². The maximum atomic E-state index is 6.41. The molecular formula is C122H92AlN11O3. The number of aromatic nitrogens is 11. The topological polar surface area (TPSA) is 162 Å². The summed E-state index contributed by atoms with van der Waals surface area (Å²) in [4.78, 5) is 36.3. The van der Waals surface area contributed by atoms with E-state index in [1.54, 1.807) is 18.6 Å². The Morgan fingerprint density at radius 1 is 0.241 bits per heavy atom. The molecule has 0 aliphatic carbocycles. The summed E-state index contributed by atoms with van der Waals surface area (Å²) < 4.78 is 21.4. The number of hydrogen-bond acceptors (Lipinski definition) is 13. The molecule has 15 heteroatoms. The van der Waals surface area contributed by atoms with Gasteiger partial charge in [-0.1, -0.05) is 318 Å². The second kappa shape index (κ2) is 40.4. The Balaban J connectivity index is 0.000000114. The molecule has 0 bridgehead atoms. The summed E-state index contributed by atoms with van der Waals surface area (Å²) in [5, 5.41) is 14.5. The SMILES string of the molecule is CC(C)(C)c1ccc(-c2nnc(-c3ccc(-c4ccccc4)cc3)n2-c2ccccc2)cc1.Cc1cc(-c2ccccc2)c2ccc3c(-c4ccccc4)cc(C)nc3c2n1.c1cnc2c([O][Al]([O]c3cccc4cccnc34)[O]c3cccc4cccnc34)cccc2c1.c1cncc(-c2cccc(-c3cc(-c4cccc(-c5cccnc5)c4)cc(-c4cccc(-c5cccnc5)c4)c3)c2)c1. The zero-order valence-electron chi connectivity index (χ0n) is 76.2. The van der Waals surface area contributed by atoms with Crippen LogP contribution in [-0.4, -0.2) is 69.8 Å². The van der Waals surface area contributed by atoms with Crippen LogP contribution < -0.4 is 11.4 Å². The largest absolute Gasteiger partial charge is 1.20 e. The molecule has 14 nitrogen and oxygen atoms in total.